The minimum atomic E-state index is -0.792. The summed E-state index contributed by atoms with van der Waals surface area (Å²) < 4.78 is 15.9. The minimum Gasteiger partial charge on any atom is -0.495 e. The molecule has 34 heavy (non-hydrogen) atoms. The minimum absolute atomic E-state index is 0.0299. The number of nitrogens with zero attached hydrogens (tertiary/aromatic N) is 1. The topological polar surface area (TPSA) is 86.0 Å². The molecule has 1 amide bonds. The Bertz CT molecular complexity index is 1510. The number of ether oxygens (including phenoxy) is 2. The largest absolute Gasteiger partial charge is 0.495 e. The molecule has 1 unspecified atom stereocenters. The summed E-state index contributed by atoms with van der Waals surface area (Å²) in [6.45, 7) is 0. The number of carbonyl (C=O) groups is 2. The van der Waals surface area contributed by atoms with Gasteiger partial charge in [0, 0.05) is 5.69 Å². The summed E-state index contributed by atoms with van der Waals surface area (Å²) in [4.78, 5) is 40.5. The second kappa shape index (κ2) is 8.35. The zero-order valence-electron chi connectivity index (χ0n) is 18.2. The quantitative estimate of drug-likeness (QED) is 0.386. The van der Waals surface area contributed by atoms with Gasteiger partial charge < -0.3 is 13.9 Å². The first kappa shape index (κ1) is 21.7. The van der Waals surface area contributed by atoms with E-state index in [0.29, 0.717) is 38.6 Å². The van der Waals surface area contributed by atoms with E-state index in [1.54, 1.807) is 66.7 Å². The average molecular weight is 476 g/mol. The van der Waals surface area contributed by atoms with Crippen LogP contribution in [0.3, 0.4) is 0 Å². The van der Waals surface area contributed by atoms with Crippen LogP contribution >= 0.6 is 11.6 Å². The molecule has 2 heterocycles. The molecule has 1 aromatic heterocycles. The third-order valence-electron chi connectivity index (χ3n) is 5.84. The predicted molar refractivity (Wildman–Crippen MR) is 127 cm³/mol. The van der Waals surface area contributed by atoms with Crippen LogP contribution in [0.5, 0.6) is 5.75 Å². The molecule has 0 spiro atoms. The van der Waals surface area contributed by atoms with Gasteiger partial charge in [0.05, 0.1) is 41.8 Å². The highest BCUT2D eigenvalue weighted by Crippen LogP contribution is 2.42. The fourth-order valence-corrected chi connectivity index (χ4v) is 4.48. The molecule has 0 bridgehead atoms. The Labute approximate surface area is 199 Å². The molecule has 4 aromatic rings. The first-order valence-corrected chi connectivity index (χ1v) is 10.7. The number of benzene rings is 3. The van der Waals surface area contributed by atoms with Crippen molar-refractivity contribution in [3.05, 3.63) is 104 Å². The summed E-state index contributed by atoms with van der Waals surface area (Å²) in [6, 6.07) is 17.5. The van der Waals surface area contributed by atoms with Gasteiger partial charge in [-0.3, -0.25) is 14.5 Å². The van der Waals surface area contributed by atoms with Crippen molar-refractivity contribution in [1.29, 1.82) is 0 Å². The summed E-state index contributed by atoms with van der Waals surface area (Å²) in [5, 5.41) is 0.688. The first-order valence-electron chi connectivity index (χ1n) is 10.4. The van der Waals surface area contributed by atoms with Crippen molar-refractivity contribution in [2.75, 3.05) is 19.1 Å². The van der Waals surface area contributed by atoms with Crippen LogP contribution in [0.15, 0.2) is 75.9 Å². The normalized spacial score (nSPS) is 14.9. The highest BCUT2D eigenvalue weighted by atomic mass is 35.5. The van der Waals surface area contributed by atoms with Crippen LogP contribution in [-0.2, 0) is 4.74 Å². The van der Waals surface area contributed by atoms with Gasteiger partial charge in [-0.1, -0.05) is 35.9 Å². The van der Waals surface area contributed by atoms with Crippen LogP contribution in [0.2, 0.25) is 5.02 Å². The number of hydrogen-bond donors (Lipinski definition) is 0. The van der Waals surface area contributed by atoms with Crippen LogP contribution in [0.4, 0.5) is 5.69 Å². The second-order valence-electron chi connectivity index (χ2n) is 7.68. The van der Waals surface area contributed by atoms with Gasteiger partial charge in [-0.15, -0.1) is 0 Å². The average Bonchev–Trinajstić information content (AvgIpc) is 3.16. The Hall–Kier alpha value is -4.10. The van der Waals surface area contributed by atoms with Crippen LogP contribution < -0.4 is 15.1 Å². The van der Waals surface area contributed by atoms with Crippen LogP contribution in [0, 0.1) is 0 Å². The number of halogens is 1. The maximum Gasteiger partial charge on any atom is 0.337 e. The van der Waals surface area contributed by atoms with Crippen molar-refractivity contribution in [3.8, 4) is 5.75 Å². The van der Waals surface area contributed by atoms with Crippen LogP contribution in [0.25, 0.3) is 11.0 Å². The SMILES string of the molecule is COC(=O)c1ccc(C2c3c(oc4ccccc4c3=O)C(=O)N2c2ccc(OC)c(Cl)c2)cc1. The molecule has 0 saturated heterocycles. The lowest BCUT2D eigenvalue weighted by Crippen LogP contribution is -2.29. The van der Waals surface area contributed by atoms with Crippen molar-refractivity contribution >= 4 is 40.1 Å². The number of anilines is 1. The number of esters is 1. The van der Waals surface area contributed by atoms with E-state index in [-0.39, 0.29) is 16.8 Å². The third-order valence-corrected chi connectivity index (χ3v) is 6.13. The Morgan fingerprint density at radius 2 is 1.74 bits per heavy atom. The molecule has 0 fully saturated rings. The van der Waals surface area contributed by atoms with Gasteiger partial charge in [-0.2, -0.15) is 0 Å². The fourth-order valence-electron chi connectivity index (χ4n) is 4.23. The molecule has 1 aliphatic heterocycles. The van der Waals surface area contributed by atoms with E-state index >= 15 is 0 Å². The van der Waals surface area contributed by atoms with Gasteiger partial charge in [0.25, 0.3) is 5.91 Å². The van der Waals surface area contributed by atoms with E-state index in [9.17, 15) is 14.4 Å². The molecule has 0 saturated carbocycles. The number of methoxy groups -OCH3 is 2. The molecule has 1 aliphatic rings. The van der Waals surface area contributed by atoms with Crippen LogP contribution in [0.1, 0.15) is 38.1 Å². The molecule has 0 aliphatic carbocycles. The summed E-state index contributed by atoms with van der Waals surface area (Å²) in [5.74, 6) is -0.536. The van der Waals surface area contributed by atoms with E-state index in [1.165, 1.54) is 19.1 Å². The highest BCUT2D eigenvalue weighted by Gasteiger charge is 2.43. The van der Waals surface area contributed by atoms with Gasteiger partial charge >= 0.3 is 5.97 Å². The van der Waals surface area contributed by atoms with Crippen molar-refractivity contribution in [2.45, 2.75) is 6.04 Å². The zero-order chi connectivity index (χ0) is 24.0. The van der Waals surface area contributed by atoms with Crippen molar-refractivity contribution in [1.82, 2.24) is 0 Å². The number of amides is 1. The molecule has 5 rings (SSSR count). The second-order valence-corrected chi connectivity index (χ2v) is 8.09. The van der Waals surface area contributed by atoms with E-state index in [4.69, 9.17) is 25.5 Å². The van der Waals surface area contributed by atoms with Gasteiger partial charge in [0.1, 0.15) is 11.3 Å². The monoisotopic (exact) mass is 475 g/mol. The van der Waals surface area contributed by atoms with Crippen molar-refractivity contribution < 1.29 is 23.5 Å². The molecule has 0 radical (unpaired) electrons. The van der Waals surface area contributed by atoms with Gasteiger partial charge in [-0.05, 0) is 48.0 Å². The summed E-state index contributed by atoms with van der Waals surface area (Å²) in [5.41, 5.74) is 1.69. The van der Waals surface area contributed by atoms with E-state index < -0.39 is 17.9 Å². The van der Waals surface area contributed by atoms with Crippen LogP contribution in [-0.4, -0.2) is 26.1 Å². The summed E-state index contributed by atoms with van der Waals surface area (Å²) in [6.07, 6.45) is 0. The molecule has 170 valence electrons. The maximum absolute atomic E-state index is 13.6. The van der Waals surface area contributed by atoms with E-state index in [0.717, 1.165) is 0 Å². The standard InChI is InChI=1S/C26H18ClNO6/c1-32-20-12-11-16(13-18(20)27)28-22(14-7-9-15(10-8-14)26(31)33-2)21-23(29)17-5-3-4-6-19(17)34-24(21)25(28)30/h3-13,22H,1-2H3. The van der Waals surface area contributed by atoms with Crippen molar-refractivity contribution in [3.63, 3.8) is 0 Å². The predicted octanol–water partition coefficient (Wildman–Crippen LogP) is 4.99. The Kier molecular flexibility index (Phi) is 5.34. The lowest BCUT2D eigenvalue weighted by Gasteiger charge is -2.25. The summed E-state index contributed by atoms with van der Waals surface area (Å²) >= 11 is 6.35. The molecular formula is C26H18ClNO6. The Morgan fingerprint density at radius 3 is 2.41 bits per heavy atom. The third kappa shape index (κ3) is 3.33. The van der Waals surface area contributed by atoms with Crippen molar-refractivity contribution in [2.24, 2.45) is 0 Å². The lowest BCUT2D eigenvalue weighted by molar-refractivity contribution is 0.0600. The number of rotatable bonds is 4. The molecular weight excluding hydrogens is 458 g/mol. The number of para-hydroxylation sites is 1. The molecule has 1 atom stereocenters. The fraction of sp³-hybridized carbons (Fsp3) is 0.115. The number of hydrogen-bond acceptors (Lipinski definition) is 6. The zero-order valence-corrected chi connectivity index (χ0v) is 19.0. The maximum atomic E-state index is 13.6. The highest BCUT2D eigenvalue weighted by molar-refractivity contribution is 6.32. The molecule has 3 aromatic carbocycles. The van der Waals surface area contributed by atoms with Gasteiger partial charge in [0.15, 0.2) is 5.43 Å². The molecule has 8 heteroatoms. The molecule has 0 N–H and O–H groups in total. The smallest absolute Gasteiger partial charge is 0.337 e. The first-order chi connectivity index (χ1) is 16.4. The van der Waals surface area contributed by atoms with E-state index in [1.807, 2.05) is 0 Å². The van der Waals surface area contributed by atoms with Gasteiger partial charge in [0.2, 0.25) is 5.76 Å². The number of fused-ring (bicyclic) bond motifs is 2. The Morgan fingerprint density at radius 1 is 1.00 bits per heavy atom. The number of carbonyl (C=O) groups excluding carboxylic acids is 2. The van der Waals surface area contributed by atoms with E-state index in [2.05, 4.69) is 0 Å². The van der Waals surface area contributed by atoms with Gasteiger partial charge in [-0.25, -0.2) is 4.79 Å². The Balaban J connectivity index is 1.75. The lowest BCUT2D eigenvalue weighted by atomic mass is 9.97. The summed E-state index contributed by atoms with van der Waals surface area (Å²) in [7, 11) is 2.80. The molecule has 7 nitrogen and oxygen atoms in total.